The molecule has 3 N–H and O–H groups in total. The van der Waals surface area contributed by atoms with Crippen LogP contribution < -0.4 is 11.1 Å². The molecule has 1 aromatic rings. The van der Waals surface area contributed by atoms with Gasteiger partial charge in [0.1, 0.15) is 11.1 Å². The molecular weight excluding hydrogens is 276 g/mol. The molecule has 110 valence electrons. The van der Waals surface area contributed by atoms with Gasteiger partial charge in [-0.1, -0.05) is 12.2 Å². The summed E-state index contributed by atoms with van der Waals surface area (Å²) >= 11 is 4.86. The SMILES string of the molecule is COCCCOC(C)C(=O)Nc1ccc(C(N)=S)cc1. The van der Waals surface area contributed by atoms with Crippen molar-refractivity contribution in [3.8, 4) is 0 Å². The highest BCUT2D eigenvalue weighted by atomic mass is 32.1. The average molecular weight is 296 g/mol. The van der Waals surface area contributed by atoms with E-state index in [1.807, 2.05) is 0 Å². The van der Waals surface area contributed by atoms with E-state index in [-0.39, 0.29) is 5.91 Å². The molecule has 1 unspecified atom stereocenters. The van der Waals surface area contributed by atoms with E-state index < -0.39 is 6.10 Å². The summed E-state index contributed by atoms with van der Waals surface area (Å²) in [6, 6.07) is 7.04. The Balaban J connectivity index is 2.42. The van der Waals surface area contributed by atoms with Crippen molar-refractivity contribution in [2.24, 2.45) is 5.73 Å². The molecule has 0 aliphatic carbocycles. The van der Waals surface area contributed by atoms with Crippen LogP contribution in [0.2, 0.25) is 0 Å². The third-order valence-electron chi connectivity index (χ3n) is 2.67. The lowest BCUT2D eigenvalue weighted by Crippen LogP contribution is -2.28. The number of anilines is 1. The molecular formula is C14H20N2O3S. The number of methoxy groups -OCH3 is 1. The molecule has 0 aliphatic rings. The Hall–Kier alpha value is -1.50. The number of hydrogen-bond donors (Lipinski definition) is 2. The van der Waals surface area contributed by atoms with Crippen LogP contribution in [0.15, 0.2) is 24.3 Å². The number of rotatable bonds is 8. The van der Waals surface area contributed by atoms with E-state index in [1.54, 1.807) is 38.3 Å². The lowest BCUT2D eigenvalue weighted by molar-refractivity contribution is -0.126. The summed E-state index contributed by atoms with van der Waals surface area (Å²) in [5.41, 5.74) is 6.95. The Morgan fingerprint density at radius 2 is 2.00 bits per heavy atom. The van der Waals surface area contributed by atoms with Crippen LogP contribution in [0.5, 0.6) is 0 Å². The first-order valence-electron chi connectivity index (χ1n) is 6.36. The molecule has 0 aliphatic heterocycles. The molecule has 1 aromatic carbocycles. The molecule has 20 heavy (non-hydrogen) atoms. The van der Waals surface area contributed by atoms with E-state index in [1.165, 1.54) is 0 Å². The van der Waals surface area contributed by atoms with Crippen LogP contribution >= 0.6 is 12.2 Å². The third-order valence-corrected chi connectivity index (χ3v) is 2.90. The van der Waals surface area contributed by atoms with Crippen LogP contribution in [0.3, 0.4) is 0 Å². The highest BCUT2D eigenvalue weighted by Gasteiger charge is 2.13. The number of hydrogen-bond acceptors (Lipinski definition) is 4. The zero-order valence-corrected chi connectivity index (χ0v) is 12.5. The molecule has 0 aromatic heterocycles. The monoisotopic (exact) mass is 296 g/mol. The van der Waals surface area contributed by atoms with Crippen molar-refractivity contribution in [1.82, 2.24) is 0 Å². The summed E-state index contributed by atoms with van der Waals surface area (Å²) in [5, 5.41) is 2.77. The summed E-state index contributed by atoms with van der Waals surface area (Å²) in [4.78, 5) is 12.2. The first-order valence-corrected chi connectivity index (χ1v) is 6.76. The Morgan fingerprint density at radius 1 is 1.35 bits per heavy atom. The van der Waals surface area contributed by atoms with Crippen molar-refractivity contribution in [2.45, 2.75) is 19.4 Å². The second kappa shape index (κ2) is 8.63. The molecule has 0 radical (unpaired) electrons. The number of amides is 1. The maximum absolute atomic E-state index is 11.9. The lowest BCUT2D eigenvalue weighted by Gasteiger charge is -2.13. The van der Waals surface area contributed by atoms with Gasteiger partial charge in [-0.15, -0.1) is 0 Å². The molecule has 1 atom stereocenters. The van der Waals surface area contributed by atoms with Gasteiger partial charge < -0.3 is 20.5 Å². The van der Waals surface area contributed by atoms with E-state index in [9.17, 15) is 4.79 Å². The molecule has 0 spiro atoms. The highest BCUT2D eigenvalue weighted by Crippen LogP contribution is 2.10. The first-order chi connectivity index (χ1) is 9.54. The van der Waals surface area contributed by atoms with Gasteiger partial charge in [0.05, 0.1) is 0 Å². The van der Waals surface area contributed by atoms with Crippen molar-refractivity contribution >= 4 is 28.8 Å². The maximum Gasteiger partial charge on any atom is 0.253 e. The van der Waals surface area contributed by atoms with Crippen molar-refractivity contribution in [2.75, 3.05) is 25.6 Å². The summed E-state index contributed by atoms with van der Waals surface area (Å²) in [6.45, 7) is 2.82. The molecule has 0 bridgehead atoms. The third kappa shape index (κ3) is 5.64. The first kappa shape index (κ1) is 16.6. The zero-order chi connectivity index (χ0) is 15.0. The molecule has 5 nitrogen and oxygen atoms in total. The molecule has 1 rings (SSSR count). The van der Waals surface area contributed by atoms with Gasteiger partial charge >= 0.3 is 0 Å². The van der Waals surface area contributed by atoms with Crippen molar-refractivity contribution in [3.63, 3.8) is 0 Å². The number of benzene rings is 1. The van der Waals surface area contributed by atoms with Gasteiger partial charge in [-0.2, -0.15) is 0 Å². The Morgan fingerprint density at radius 3 is 2.55 bits per heavy atom. The number of carbonyl (C=O) groups is 1. The van der Waals surface area contributed by atoms with Crippen molar-refractivity contribution < 1.29 is 14.3 Å². The second-order valence-electron chi connectivity index (χ2n) is 4.29. The number of nitrogens with one attached hydrogen (secondary N) is 1. The quantitative estimate of drug-likeness (QED) is 0.564. The number of thiocarbonyl (C=S) groups is 1. The van der Waals surface area contributed by atoms with Crippen molar-refractivity contribution in [3.05, 3.63) is 29.8 Å². The van der Waals surface area contributed by atoms with E-state index in [2.05, 4.69) is 5.32 Å². The maximum atomic E-state index is 11.9. The highest BCUT2D eigenvalue weighted by molar-refractivity contribution is 7.80. The smallest absolute Gasteiger partial charge is 0.253 e. The molecule has 1 amide bonds. The van der Waals surface area contributed by atoms with Gasteiger partial charge in [0.15, 0.2) is 0 Å². The van der Waals surface area contributed by atoms with E-state index >= 15 is 0 Å². The van der Waals surface area contributed by atoms with Crippen molar-refractivity contribution in [1.29, 1.82) is 0 Å². The standard InChI is InChI=1S/C14H20N2O3S/c1-10(19-9-3-8-18-2)14(17)16-12-6-4-11(5-7-12)13(15)20/h4-7,10H,3,8-9H2,1-2H3,(H2,15,20)(H,16,17). The van der Waals surface area contributed by atoms with Gasteiger partial charge in [-0.3, -0.25) is 4.79 Å². The summed E-state index contributed by atoms with van der Waals surface area (Å²) in [6.07, 6.45) is 0.249. The van der Waals surface area contributed by atoms with Crippen LogP contribution in [0.25, 0.3) is 0 Å². The Labute approximate surface area is 124 Å². The number of nitrogens with two attached hydrogens (primary N) is 1. The predicted molar refractivity (Wildman–Crippen MR) is 82.9 cm³/mol. The van der Waals surface area contributed by atoms with Gasteiger partial charge in [-0.25, -0.2) is 0 Å². The van der Waals surface area contributed by atoms with Crippen LogP contribution in [0, 0.1) is 0 Å². The molecule has 0 heterocycles. The molecule has 0 saturated carbocycles. The largest absolute Gasteiger partial charge is 0.389 e. The van der Waals surface area contributed by atoms with E-state index in [4.69, 9.17) is 27.4 Å². The van der Waals surface area contributed by atoms with Gasteiger partial charge in [0, 0.05) is 31.6 Å². The Kier molecular flexibility index (Phi) is 7.14. The normalized spacial score (nSPS) is 11.9. The van der Waals surface area contributed by atoms with E-state index in [0.29, 0.717) is 23.9 Å². The van der Waals surface area contributed by atoms with Gasteiger partial charge in [0.2, 0.25) is 0 Å². The minimum absolute atomic E-state index is 0.189. The molecule has 0 fully saturated rings. The lowest BCUT2D eigenvalue weighted by atomic mass is 10.2. The Bertz CT molecular complexity index is 448. The minimum Gasteiger partial charge on any atom is -0.389 e. The van der Waals surface area contributed by atoms with Gasteiger partial charge in [-0.05, 0) is 37.6 Å². The zero-order valence-electron chi connectivity index (χ0n) is 11.7. The fourth-order valence-electron chi connectivity index (χ4n) is 1.50. The minimum atomic E-state index is -0.512. The second-order valence-corrected chi connectivity index (χ2v) is 4.73. The van der Waals surface area contributed by atoms with Crippen LogP contribution in [0.4, 0.5) is 5.69 Å². The fourth-order valence-corrected chi connectivity index (χ4v) is 1.64. The predicted octanol–water partition coefficient (Wildman–Crippen LogP) is 1.70. The molecule has 6 heteroatoms. The van der Waals surface area contributed by atoms with E-state index in [0.717, 1.165) is 12.0 Å². The number of carbonyl (C=O) groups excluding carboxylic acids is 1. The van der Waals surface area contributed by atoms with Crippen LogP contribution in [0.1, 0.15) is 18.9 Å². The summed E-state index contributed by atoms with van der Waals surface area (Å²) < 4.78 is 10.3. The van der Waals surface area contributed by atoms with Crippen LogP contribution in [-0.2, 0) is 14.3 Å². The number of ether oxygens (including phenoxy) is 2. The molecule has 0 saturated heterocycles. The van der Waals surface area contributed by atoms with Crippen LogP contribution in [-0.4, -0.2) is 37.3 Å². The summed E-state index contributed by atoms with van der Waals surface area (Å²) in [5.74, 6) is -0.189. The topological polar surface area (TPSA) is 73.6 Å². The average Bonchev–Trinajstić information content (AvgIpc) is 2.44. The van der Waals surface area contributed by atoms with Gasteiger partial charge in [0.25, 0.3) is 5.91 Å². The summed E-state index contributed by atoms with van der Waals surface area (Å²) in [7, 11) is 1.63. The fraction of sp³-hybridized carbons (Fsp3) is 0.429.